The van der Waals surface area contributed by atoms with Crippen molar-refractivity contribution >= 4 is 11.8 Å². The first-order chi connectivity index (χ1) is 15.2. The molecule has 1 heterocycles. The lowest BCUT2D eigenvalue weighted by Crippen LogP contribution is -2.44. The molecular weight excluding hydrogens is 406 g/mol. The van der Waals surface area contributed by atoms with Gasteiger partial charge in [-0.05, 0) is 55.2 Å². The molecule has 0 aromatic heterocycles. The normalized spacial score (nSPS) is 25.7. The number of methoxy groups -OCH3 is 1. The van der Waals surface area contributed by atoms with Crippen LogP contribution in [0.3, 0.4) is 0 Å². The highest BCUT2D eigenvalue weighted by Crippen LogP contribution is 2.49. The third kappa shape index (κ3) is 4.27. The second-order valence-electron chi connectivity index (χ2n) is 10.1. The van der Waals surface area contributed by atoms with Gasteiger partial charge in [0.2, 0.25) is 0 Å². The highest BCUT2D eigenvalue weighted by Gasteiger charge is 2.47. The quantitative estimate of drug-likeness (QED) is 0.660. The number of allylic oxidation sites excluding steroid dienone is 2. The Balaban J connectivity index is 1.77. The first-order valence-electron chi connectivity index (χ1n) is 11.5. The molecule has 1 aromatic carbocycles. The summed E-state index contributed by atoms with van der Waals surface area (Å²) in [5.41, 5.74) is 2.46. The number of nitrogens with one attached hydrogen (secondary N) is 1. The van der Waals surface area contributed by atoms with Crippen molar-refractivity contribution in [2.45, 2.75) is 70.8 Å². The van der Waals surface area contributed by atoms with Gasteiger partial charge in [0.15, 0.2) is 17.3 Å². The number of esters is 1. The van der Waals surface area contributed by atoms with E-state index < -0.39 is 11.8 Å². The molecule has 2 unspecified atom stereocenters. The zero-order valence-corrected chi connectivity index (χ0v) is 19.2. The van der Waals surface area contributed by atoms with E-state index in [-0.39, 0.29) is 29.0 Å². The molecule has 1 aliphatic heterocycles. The van der Waals surface area contributed by atoms with Crippen molar-refractivity contribution in [3.8, 4) is 11.5 Å². The lowest BCUT2D eigenvalue weighted by atomic mass is 9.66. The molecule has 4 rings (SSSR count). The predicted molar refractivity (Wildman–Crippen MR) is 121 cm³/mol. The fourth-order valence-corrected chi connectivity index (χ4v) is 5.41. The molecule has 1 fully saturated rings. The summed E-state index contributed by atoms with van der Waals surface area (Å²) in [6.45, 7) is 8.29. The van der Waals surface area contributed by atoms with Crippen LogP contribution in [0, 0.1) is 11.3 Å². The van der Waals surface area contributed by atoms with Crippen LogP contribution in [0.2, 0.25) is 0 Å². The Labute approximate surface area is 189 Å². The molecular formula is C26H33NO5. The Kier molecular flexibility index (Phi) is 6.06. The van der Waals surface area contributed by atoms with E-state index in [1.165, 1.54) is 13.5 Å². The van der Waals surface area contributed by atoms with Crippen molar-refractivity contribution in [1.82, 2.24) is 5.32 Å². The molecule has 6 heteroatoms. The van der Waals surface area contributed by atoms with E-state index in [1.54, 1.807) is 18.2 Å². The molecule has 3 aliphatic rings. The van der Waals surface area contributed by atoms with Gasteiger partial charge in [-0.1, -0.05) is 32.9 Å². The van der Waals surface area contributed by atoms with Gasteiger partial charge < -0.3 is 19.9 Å². The van der Waals surface area contributed by atoms with Crippen molar-refractivity contribution in [2.75, 3.05) is 7.11 Å². The summed E-state index contributed by atoms with van der Waals surface area (Å²) in [4.78, 5) is 26.8. The van der Waals surface area contributed by atoms with Crippen molar-refractivity contribution in [1.29, 1.82) is 0 Å². The molecule has 0 saturated heterocycles. The molecule has 0 spiro atoms. The van der Waals surface area contributed by atoms with Crippen molar-refractivity contribution < 1.29 is 24.2 Å². The molecule has 1 aromatic rings. The highest BCUT2D eigenvalue weighted by atomic mass is 16.5. The van der Waals surface area contributed by atoms with Crippen LogP contribution in [-0.4, -0.2) is 30.1 Å². The summed E-state index contributed by atoms with van der Waals surface area (Å²) < 4.78 is 11.1. The van der Waals surface area contributed by atoms with Gasteiger partial charge in [0, 0.05) is 29.3 Å². The van der Waals surface area contributed by atoms with E-state index in [2.05, 4.69) is 25.7 Å². The third-order valence-corrected chi connectivity index (χ3v) is 6.90. The number of carbonyl (C=O) groups excluding carboxylic acids is 2. The first kappa shape index (κ1) is 22.4. The maximum absolute atomic E-state index is 13.4. The highest BCUT2D eigenvalue weighted by molar-refractivity contribution is 6.01. The molecule has 0 radical (unpaired) electrons. The van der Waals surface area contributed by atoms with Crippen LogP contribution in [0.15, 0.2) is 41.7 Å². The molecule has 2 atom stereocenters. The molecule has 1 saturated carbocycles. The summed E-state index contributed by atoms with van der Waals surface area (Å²) >= 11 is 0. The van der Waals surface area contributed by atoms with Gasteiger partial charge in [-0.15, -0.1) is 0 Å². The average molecular weight is 440 g/mol. The fourth-order valence-electron chi connectivity index (χ4n) is 5.41. The van der Waals surface area contributed by atoms with Gasteiger partial charge in [0.25, 0.3) is 0 Å². The summed E-state index contributed by atoms with van der Waals surface area (Å²) in [6, 6.07) is 5.05. The standard InChI is InChI=1S/C26H33NO5/c1-15-22(25(30)32-17-8-6-5-7-9-17)23(16-10-11-21(31-4)19(28)12-16)24-18(27-15)13-26(2,3)14-20(24)29/h10-12,17,22-23,27-28H,1,5-9,13-14H2,2-4H3. The smallest absolute Gasteiger partial charge is 0.316 e. The van der Waals surface area contributed by atoms with Crippen LogP contribution < -0.4 is 10.1 Å². The number of benzene rings is 1. The van der Waals surface area contributed by atoms with Crippen LogP contribution in [0.1, 0.15) is 70.3 Å². The molecule has 2 N–H and O–H groups in total. The number of phenolic OH excluding ortho intramolecular Hbond substituents is 1. The van der Waals surface area contributed by atoms with Crippen LogP contribution in [0.4, 0.5) is 0 Å². The second kappa shape index (κ2) is 8.64. The van der Waals surface area contributed by atoms with Gasteiger partial charge in [0.1, 0.15) is 12.0 Å². The van der Waals surface area contributed by atoms with Crippen LogP contribution in [0.25, 0.3) is 0 Å². The minimum atomic E-state index is -0.742. The summed E-state index contributed by atoms with van der Waals surface area (Å²) in [5.74, 6) is -1.33. The van der Waals surface area contributed by atoms with Crippen molar-refractivity contribution in [3.05, 3.63) is 47.3 Å². The maximum atomic E-state index is 13.4. The van der Waals surface area contributed by atoms with Gasteiger partial charge in [-0.3, -0.25) is 9.59 Å². The van der Waals surface area contributed by atoms with Gasteiger partial charge in [-0.25, -0.2) is 0 Å². The third-order valence-electron chi connectivity index (χ3n) is 6.90. The number of hydrogen-bond acceptors (Lipinski definition) is 6. The predicted octanol–water partition coefficient (Wildman–Crippen LogP) is 4.74. The zero-order valence-electron chi connectivity index (χ0n) is 19.2. The average Bonchev–Trinajstić information content (AvgIpc) is 2.72. The topological polar surface area (TPSA) is 84.9 Å². The summed E-state index contributed by atoms with van der Waals surface area (Å²) in [5, 5.41) is 13.7. The van der Waals surface area contributed by atoms with Crippen LogP contribution in [-0.2, 0) is 14.3 Å². The van der Waals surface area contributed by atoms with Crippen molar-refractivity contribution in [3.63, 3.8) is 0 Å². The molecule has 0 amide bonds. The maximum Gasteiger partial charge on any atom is 0.316 e. The van der Waals surface area contributed by atoms with Gasteiger partial charge >= 0.3 is 5.97 Å². The Morgan fingerprint density at radius 3 is 2.56 bits per heavy atom. The summed E-state index contributed by atoms with van der Waals surface area (Å²) in [6.07, 6.45) is 6.02. The number of Topliss-reactive ketones (excluding diaryl/α,β-unsaturated/α-hetero) is 1. The van der Waals surface area contributed by atoms with Crippen LogP contribution >= 0.6 is 0 Å². The Morgan fingerprint density at radius 1 is 1.19 bits per heavy atom. The Morgan fingerprint density at radius 2 is 1.91 bits per heavy atom. The SMILES string of the molecule is C=C1NC2=C(C(=O)CC(C)(C)C2)C(c2ccc(OC)c(O)c2)C1C(=O)OC1CCCCC1. The number of carbonyl (C=O) groups is 2. The molecule has 32 heavy (non-hydrogen) atoms. The van der Waals surface area contributed by atoms with Gasteiger partial charge in [0.05, 0.1) is 7.11 Å². The van der Waals surface area contributed by atoms with E-state index in [0.29, 0.717) is 35.4 Å². The van der Waals surface area contributed by atoms with Gasteiger partial charge in [-0.2, -0.15) is 0 Å². The Bertz CT molecular complexity index is 970. The first-order valence-corrected chi connectivity index (χ1v) is 11.5. The number of ketones is 1. The molecule has 0 bridgehead atoms. The number of ether oxygens (including phenoxy) is 2. The molecule has 6 nitrogen and oxygen atoms in total. The van der Waals surface area contributed by atoms with Crippen LogP contribution in [0.5, 0.6) is 11.5 Å². The molecule has 172 valence electrons. The number of rotatable bonds is 4. The monoisotopic (exact) mass is 439 g/mol. The zero-order chi connectivity index (χ0) is 23.0. The largest absolute Gasteiger partial charge is 0.504 e. The lowest BCUT2D eigenvalue weighted by Gasteiger charge is -2.42. The number of phenols is 1. The van der Waals surface area contributed by atoms with E-state index in [9.17, 15) is 14.7 Å². The van der Waals surface area contributed by atoms with E-state index in [4.69, 9.17) is 9.47 Å². The fraction of sp³-hybridized carbons (Fsp3) is 0.538. The van der Waals surface area contributed by atoms with E-state index in [1.807, 2.05) is 0 Å². The minimum absolute atomic E-state index is 0.0204. The number of aromatic hydroxyl groups is 1. The van der Waals surface area contributed by atoms with E-state index >= 15 is 0 Å². The lowest BCUT2D eigenvalue weighted by molar-refractivity contribution is -0.155. The summed E-state index contributed by atoms with van der Waals surface area (Å²) in [7, 11) is 1.48. The number of hydrogen-bond donors (Lipinski definition) is 2. The molecule has 2 aliphatic carbocycles. The second-order valence-corrected chi connectivity index (χ2v) is 10.1. The minimum Gasteiger partial charge on any atom is -0.504 e. The Hall–Kier alpha value is -2.76. The van der Waals surface area contributed by atoms with Crippen molar-refractivity contribution in [2.24, 2.45) is 11.3 Å². The van der Waals surface area contributed by atoms with E-state index in [0.717, 1.165) is 31.4 Å².